The molecule has 1 heterocycles. The van der Waals surface area contributed by atoms with Crippen LogP contribution in [0.25, 0.3) is 10.9 Å². The highest BCUT2D eigenvalue weighted by atomic mass is 35.5. The molecule has 21 heavy (non-hydrogen) atoms. The van der Waals surface area contributed by atoms with Crippen LogP contribution in [0.3, 0.4) is 0 Å². The number of aromatic nitrogens is 1. The Kier molecular flexibility index (Phi) is 3.47. The average molecular weight is 294 g/mol. The monoisotopic (exact) mass is 293 g/mol. The van der Waals surface area contributed by atoms with Crippen LogP contribution in [0, 0.1) is 18.3 Å². The zero-order chi connectivity index (χ0) is 14.8. The Morgan fingerprint density at radius 1 is 1.10 bits per heavy atom. The fourth-order valence-corrected chi connectivity index (χ4v) is 2.38. The van der Waals surface area contributed by atoms with Gasteiger partial charge in [0.1, 0.15) is 0 Å². The maximum absolute atomic E-state index is 8.82. The number of nitrogens with one attached hydrogen (secondary N) is 1. The van der Waals surface area contributed by atoms with Gasteiger partial charge in [0, 0.05) is 28.0 Å². The van der Waals surface area contributed by atoms with E-state index in [-0.39, 0.29) is 0 Å². The zero-order valence-electron chi connectivity index (χ0n) is 11.4. The Bertz CT molecular complexity index is 848. The summed E-state index contributed by atoms with van der Waals surface area (Å²) in [6.07, 6.45) is 1.76. The summed E-state index contributed by atoms with van der Waals surface area (Å²) in [4.78, 5) is 4.40. The van der Waals surface area contributed by atoms with Crippen molar-refractivity contribution in [2.45, 2.75) is 6.92 Å². The number of hydrogen-bond donors (Lipinski definition) is 1. The molecule has 0 aliphatic heterocycles. The smallest absolute Gasteiger partial charge is 0.0991 e. The van der Waals surface area contributed by atoms with Crippen molar-refractivity contribution >= 4 is 33.9 Å². The van der Waals surface area contributed by atoms with Gasteiger partial charge in [-0.3, -0.25) is 4.98 Å². The van der Waals surface area contributed by atoms with Crippen molar-refractivity contribution in [1.29, 1.82) is 5.26 Å². The molecule has 0 aliphatic carbocycles. The number of hydrogen-bond acceptors (Lipinski definition) is 3. The van der Waals surface area contributed by atoms with Crippen LogP contribution in [-0.4, -0.2) is 4.98 Å². The minimum absolute atomic E-state index is 0.641. The number of fused-ring (bicyclic) bond motifs is 1. The number of pyridine rings is 1. The number of nitriles is 1. The fourth-order valence-electron chi connectivity index (χ4n) is 2.23. The van der Waals surface area contributed by atoms with E-state index in [9.17, 15) is 0 Å². The summed E-state index contributed by atoms with van der Waals surface area (Å²) in [6, 6.07) is 15.2. The Morgan fingerprint density at radius 2 is 1.86 bits per heavy atom. The molecule has 3 aromatic rings. The molecule has 1 N–H and O–H groups in total. The summed E-state index contributed by atoms with van der Waals surface area (Å²) >= 11 is 6.14. The van der Waals surface area contributed by atoms with E-state index in [2.05, 4.69) is 16.4 Å². The van der Waals surface area contributed by atoms with Gasteiger partial charge in [0.2, 0.25) is 0 Å². The minimum Gasteiger partial charge on any atom is -0.355 e. The Morgan fingerprint density at radius 3 is 2.57 bits per heavy atom. The summed E-state index contributed by atoms with van der Waals surface area (Å²) < 4.78 is 0. The maximum atomic E-state index is 8.82. The molecule has 0 saturated heterocycles. The van der Waals surface area contributed by atoms with Crippen molar-refractivity contribution < 1.29 is 0 Å². The molecular weight excluding hydrogens is 282 g/mol. The predicted octanol–water partition coefficient (Wildman–Crippen LogP) is 4.81. The predicted molar refractivity (Wildman–Crippen MR) is 85.9 cm³/mol. The van der Waals surface area contributed by atoms with Gasteiger partial charge in [-0.15, -0.1) is 0 Å². The van der Waals surface area contributed by atoms with Crippen molar-refractivity contribution in [2.24, 2.45) is 0 Å². The van der Waals surface area contributed by atoms with E-state index in [0.717, 1.165) is 27.8 Å². The standard InChI is InChI=1S/C17H12ClN3/c1-11-15(18)7-6-14-16(8-9-20-17(11)14)21-13-4-2-12(10-19)3-5-13/h2-9H,1H3,(H,20,21). The van der Waals surface area contributed by atoms with Gasteiger partial charge in [-0.2, -0.15) is 5.26 Å². The van der Waals surface area contributed by atoms with Crippen LogP contribution in [0.4, 0.5) is 11.4 Å². The van der Waals surface area contributed by atoms with E-state index in [1.165, 1.54) is 0 Å². The molecule has 1 aromatic heterocycles. The first-order chi connectivity index (χ1) is 10.2. The van der Waals surface area contributed by atoms with Crippen molar-refractivity contribution in [3.63, 3.8) is 0 Å². The van der Waals surface area contributed by atoms with E-state index >= 15 is 0 Å². The van der Waals surface area contributed by atoms with E-state index in [1.54, 1.807) is 18.3 Å². The molecule has 0 unspecified atom stereocenters. The van der Waals surface area contributed by atoms with Crippen LogP contribution in [0.5, 0.6) is 0 Å². The lowest BCUT2D eigenvalue weighted by molar-refractivity contribution is 1.36. The van der Waals surface area contributed by atoms with Gasteiger partial charge in [-0.1, -0.05) is 11.6 Å². The first-order valence-electron chi connectivity index (χ1n) is 6.50. The second kappa shape index (κ2) is 5.43. The summed E-state index contributed by atoms with van der Waals surface area (Å²) in [5.74, 6) is 0. The van der Waals surface area contributed by atoms with Gasteiger partial charge in [-0.25, -0.2) is 0 Å². The highest BCUT2D eigenvalue weighted by Gasteiger charge is 2.07. The normalized spacial score (nSPS) is 10.3. The van der Waals surface area contributed by atoms with Crippen molar-refractivity contribution in [3.8, 4) is 6.07 Å². The lowest BCUT2D eigenvalue weighted by Gasteiger charge is -2.11. The van der Waals surface area contributed by atoms with Crippen LogP contribution < -0.4 is 5.32 Å². The van der Waals surface area contributed by atoms with Crippen molar-refractivity contribution in [3.05, 3.63) is 64.8 Å². The summed E-state index contributed by atoms with van der Waals surface area (Å²) in [6.45, 7) is 1.96. The van der Waals surface area contributed by atoms with Gasteiger partial charge < -0.3 is 5.32 Å². The fraction of sp³-hybridized carbons (Fsp3) is 0.0588. The third-order valence-corrected chi connectivity index (χ3v) is 3.80. The van der Waals surface area contributed by atoms with E-state index in [4.69, 9.17) is 16.9 Å². The molecule has 0 aliphatic rings. The van der Waals surface area contributed by atoms with Crippen LogP contribution in [0.2, 0.25) is 5.02 Å². The molecule has 0 spiro atoms. The topological polar surface area (TPSA) is 48.7 Å². The van der Waals surface area contributed by atoms with Crippen LogP contribution in [0.15, 0.2) is 48.7 Å². The highest BCUT2D eigenvalue weighted by Crippen LogP contribution is 2.30. The highest BCUT2D eigenvalue weighted by molar-refractivity contribution is 6.32. The van der Waals surface area contributed by atoms with Crippen LogP contribution >= 0.6 is 11.6 Å². The molecule has 3 rings (SSSR count). The molecule has 102 valence electrons. The van der Waals surface area contributed by atoms with Crippen molar-refractivity contribution in [1.82, 2.24) is 4.98 Å². The molecule has 3 nitrogen and oxygen atoms in total. The Balaban J connectivity index is 2.04. The third kappa shape index (κ3) is 2.54. The lowest BCUT2D eigenvalue weighted by atomic mass is 10.1. The quantitative estimate of drug-likeness (QED) is 0.737. The number of nitrogens with zero attached hydrogens (tertiary/aromatic N) is 2. The summed E-state index contributed by atoms with van der Waals surface area (Å²) in [5, 5.41) is 13.9. The zero-order valence-corrected chi connectivity index (χ0v) is 12.1. The molecule has 0 bridgehead atoms. The Hall–Kier alpha value is -2.57. The Labute approximate surface area is 127 Å². The molecule has 0 radical (unpaired) electrons. The third-order valence-electron chi connectivity index (χ3n) is 3.39. The van der Waals surface area contributed by atoms with Crippen LogP contribution in [0.1, 0.15) is 11.1 Å². The van der Waals surface area contributed by atoms with E-state index in [0.29, 0.717) is 10.6 Å². The van der Waals surface area contributed by atoms with Gasteiger partial charge in [0.15, 0.2) is 0 Å². The van der Waals surface area contributed by atoms with Crippen molar-refractivity contribution in [2.75, 3.05) is 5.32 Å². The van der Waals surface area contributed by atoms with Gasteiger partial charge in [0.25, 0.3) is 0 Å². The summed E-state index contributed by atoms with van der Waals surface area (Å²) in [7, 11) is 0. The molecule has 0 saturated carbocycles. The van der Waals surface area contributed by atoms with Crippen LogP contribution in [-0.2, 0) is 0 Å². The molecule has 0 atom stereocenters. The van der Waals surface area contributed by atoms with Gasteiger partial charge >= 0.3 is 0 Å². The van der Waals surface area contributed by atoms with Gasteiger partial charge in [-0.05, 0) is 55.0 Å². The second-order valence-electron chi connectivity index (χ2n) is 4.74. The van der Waals surface area contributed by atoms with E-state index in [1.807, 2.05) is 37.3 Å². The number of anilines is 2. The minimum atomic E-state index is 0.641. The molecule has 0 fully saturated rings. The number of aryl methyl sites for hydroxylation is 1. The van der Waals surface area contributed by atoms with Gasteiger partial charge in [0.05, 0.1) is 17.1 Å². The second-order valence-corrected chi connectivity index (χ2v) is 5.15. The SMILES string of the molecule is Cc1c(Cl)ccc2c(Nc3ccc(C#N)cc3)ccnc12. The van der Waals surface area contributed by atoms with E-state index < -0.39 is 0 Å². The summed E-state index contributed by atoms with van der Waals surface area (Å²) in [5.41, 5.74) is 4.39. The lowest BCUT2D eigenvalue weighted by Crippen LogP contribution is -1.94. The molecular formula is C17H12ClN3. The first-order valence-corrected chi connectivity index (χ1v) is 6.88. The number of rotatable bonds is 2. The number of halogens is 1. The molecule has 0 amide bonds. The largest absolute Gasteiger partial charge is 0.355 e. The molecule has 2 aromatic carbocycles. The first kappa shape index (κ1) is 13.4. The number of benzene rings is 2. The maximum Gasteiger partial charge on any atom is 0.0991 e. The average Bonchev–Trinajstić information content (AvgIpc) is 2.52. The molecule has 4 heteroatoms.